The Hall–Kier alpha value is -1.55. The maximum atomic E-state index is 12.6. The van der Waals surface area contributed by atoms with Gasteiger partial charge in [-0.15, -0.1) is 0 Å². The fourth-order valence-electron chi connectivity index (χ4n) is 2.62. The maximum Gasteiger partial charge on any atom is 0.184 e. The van der Waals surface area contributed by atoms with Crippen molar-refractivity contribution in [3.05, 3.63) is 29.6 Å². The third-order valence-corrected chi connectivity index (χ3v) is 4.33. The molecular weight excluding hydrogens is 276 g/mol. The first-order chi connectivity index (χ1) is 10.3. The largest absolute Gasteiger partial charge is 0.306 e. The van der Waals surface area contributed by atoms with Crippen LogP contribution < -0.4 is 0 Å². The monoisotopic (exact) mass is 302 g/mol. The zero-order valence-corrected chi connectivity index (χ0v) is 14.1. The van der Waals surface area contributed by atoms with Crippen molar-refractivity contribution in [3.8, 4) is 0 Å². The molecule has 0 atom stereocenters. The first kappa shape index (κ1) is 16.8. The Labute approximate surface area is 132 Å². The first-order valence-corrected chi connectivity index (χ1v) is 7.99. The van der Waals surface area contributed by atoms with Crippen LogP contribution >= 0.6 is 0 Å². The minimum absolute atomic E-state index is 0.0669. The number of hydrogen-bond acceptors (Lipinski definition) is 4. The molecule has 0 bridgehead atoms. The van der Waals surface area contributed by atoms with Gasteiger partial charge in [0.2, 0.25) is 0 Å². The van der Waals surface area contributed by atoms with Crippen molar-refractivity contribution >= 4 is 11.6 Å². The van der Waals surface area contributed by atoms with Crippen LogP contribution in [0.1, 0.15) is 49.8 Å². The molecule has 1 aromatic rings. The lowest BCUT2D eigenvalue weighted by molar-refractivity contribution is -0.125. The minimum atomic E-state index is -0.379. The number of piperidine rings is 1. The standard InChI is InChI=1S/C18H26N2O2/c1-18(2,3)16(21)12-14-6-5-7-15(19-14)17(22)13-8-10-20(4)11-9-13/h5-7,13H,8-12H2,1-4H3. The number of rotatable bonds is 4. The van der Waals surface area contributed by atoms with Crippen LogP contribution in [-0.4, -0.2) is 41.6 Å². The molecule has 1 aliphatic rings. The van der Waals surface area contributed by atoms with Crippen LogP contribution in [0.15, 0.2) is 18.2 Å². The predicted octanol–water partition coefficient (Wildman–Crippen LogP) is 2.76. The molecule has 4 nitrogen and oxygen atoms in total. The molecule has 0 unspecified atom stereocenters. The Morgan fingerprint density at radius 2 is 1.86 bits per heavy atom. The van der Waals surface area contributed by atoms with Crippen molar-refractivity contribution in [1.82, 2.24) is 9.88 Å². The lowest BCUT2D eigenvalue weighted by Crippen LogP contribution is -2.34. The lowest BCUT2D eigenvalue weighted by atomic mass is 9.88. The number of likely N-dealkylation sites (tertiary alicyclic amines) is 1. The summed E-state index contributed by atoms with van der Waals surface area (Å²) in [6.07, 6.45) is 2.07. The molecule has 22 heavy (non-hydrogen) atoms. The third kappa shape index (κ3) is 4.23. The average Bonchev–Trinajstić information content (AvgIpc) is 2.46. The van der Waals surface area contributed by atoms with Crippen LogP contribution in [0.5, 0.6) is 0 Å². The molecule has 0 N–H and O–H groups in total. The highest BCUT2D eigenvalue weighted by Gasteiger charge is 2.26. The number of pyridine rings is 1. The normalized spacial score (nSPS) is 17.5. The molecule has 0 spiro atoms. The number of aromatic nitrogens is 1. The van der Waals surface area contributed by atoms with Crippen LogP contribution in [0.25, 0.3) is 0 Å². The van der Waals surface area contributed by atoms with Gasteiger partial charge in [0.25, 0.3) is 0 Å². The van der Waals surface area contributed by atoms with Gasteiger partial charge in [-0.05, 0) is 45.1 Å². The molecule has 2 rings (SSSR count). The smallest absolute Gasteiger partial charge is 0.184 e. The van der Waals surface area contributed by atoms with E-state index in [9.17, 15) is 9.59 Å². The van der Waals surface area contributed by atoms with Gasteiger partial charge in [0, 0.05) is 23.4 Å². The van der Waals surface area contributed by atoms with E-state index in [2.05, 4.69) is 16.9 Å². The van der Waals surface area contributed by atoms with Crippen molar-refractivity contribution < 1.29 is 9.59 Å². The summed E-state index contributed by atoms with van der Waals surface area (Å²) in [6, 6.07) is 5.43. The number of ketones is 2. The van der Waals surface area contributed by atoms with Crippen LogP contribution in [0.4, 0.5) is 0 Å². The van der Waals surface area contributed by atoms with E-state index in [1.54, 1.807) is 6.07 Å². The highest BCUT2D eigenvalue weighted by atomic mass is 16.1. The highest BCUT2D eigenvalue weighted by Crippen LogP contribution is 2.21. The average molecular weight is 302 g/mol. The van der Waals surface area contributed by atoms with E-state index in [1.165, 1.54) is 0 Å². The number of hydrogen-bond donors (Lipinski definition) is 0. The number of Topliss-reactive ketones (excluding diaryl/α,β-unsaturated/α-hetero) is 2. The Bertz CT molecular complexity index is 552. The van der Waals surface area contributed by atoms with Gasteiger partial charge < -0.3 is 4.90 Å². The zero-order chi connectivity index (χ0) is 16.3. The summed E-state index contributed by atoms with van der Waals surface area (Å²) in [7, 11) is 2.08. The molecule has 4 heteroatoms. The quantitative estimate of drug-likeness (QED) is 0.803. The van der Waals surface area contributed by atoms with Gasteiger partial charge in [-0.25, -0.2) is 4.98 Å². The van der Waals surface area contributed by atoms with Crippen molar-refractivity contribution in [2.24, 2.45) is 11.3 Å². The summed E-state index contributed by atoms with van der Waals surface area (Å²) >= 11 is 0. The maximum absolute atomic E-state index is 12.6. The molecule has 2 heterocycles. The molecule has 120 valence electrons. The van der Waals surface area contributed by atoms with Gasteiger partial charge in [-0.2, -0.15) is 0 Å². The summed E-state index contributed by atoms with van der Waals surface area (Å²) in [5.74, 6) is 0.333. The topological polar surface area (TPSA) is 50.3 Å². The molecular formula is C18H26N2O2. The number of carbonyl (C=O) groups excluding carboxylic acids is 2. The minimum Gasteiger partial charge on any atom is -0.306 e. The van der Waals surface area contributed by atoms with E-state index >= 15 is 0 Å². The number of carbonyl (C=O) groups is 2. The lowest BCUT2D eigenvalue weighted by Gasteiger charge is -2.27. The predicted molar refractivity (Wildman–Crippen MR) is 87.0 cm³/mol. The van der Waals surface area contributed by atoms with E-state index in [1.807, 2.05) is 32.9 Å². The van der Waals surface area contributed by atoms with Gasteiger partial charge in [-0.1, -0.05) is 26.8 Å². The summed E-state index contributed by atoms with van der Waals surface area (Å²) in [6.45, 7) is 7.63. The van der Waals surface area contributed by atoms with Crippen molar-refractivity contribution in [2.75, 3.05) is 20.1 Å². The van der Waals surface area contributed by atoms with Gasteiger partial charge >= 0.3 is 0 Å². The van der Waals surface area contributed by atoms with Gasteiger partial charge in [0.1, 0.15) is 11.5 Å². The summed E-state index contributed by atoms with van der Waals surface area (Å²) in [5.41, 5.74) is 0.822. The van der Waals surface area contributed by atoms with E-state index in [-0.39, 0.29) is 29.3 Å². The van der Waals surface area contributed by atoms with Crippen molar-refractivity contribution in [2.45, 2.75) is 40.0 Å². The molecule has 1 aliphatic heterocycles. The van der Waals surface area contributed by atoms with Gasteiger partial charge in [-0.3, -0.25) is 9.59 Å². The van der Waals surface area contributed by atoms with Crippen LogP contribution in [0.3, 0.4) is 0 Å². The molecule has 0 radical (unpaired) electrons. The molecule has 0 amide bonds. The first-order valence-electron chi connectivity index (χ1n) is 7.99. The second-order valence-electron chi connectivity index (χ2n) is 7.31. The molecule has 1 fully saturated rings. The second kappa shape index (κ2) is 6.69. The molecule has 0 aliphatic carbocycles. The Balaban J connectivity index is 2.08. The van der Waals surface area contributed by atoms with Crippen LogP contribution in [0, 0.1) is 11.3 Å². The van der Waals surface area contributed by atoms with E-state index < -0.39 is 0 Å². The van der Waals surface area contributed by atoms with Crippen molar-refractivity contribution in [1.29, 1.82) is 0 Å². The summed E-state index contributed by atoms with van der Waals surface area (Å²) in [5, 5.41) is 0. The van der Waals surface area contributed by atoms with E-state index in [4.69, 9.17) is 0 Å². The highest BCUT2D eigenvalue weighted by molar-refractivity contribution is 5.96. The Kier molecular flexibility index (Phi) is 5.12. The molecule has 1 saturated heterocycles. The fraction of sp³-hybridized carbons (Fsp3) is 0.611. The second-order valence-corrected chi connectivity index (χ2v) is 7.31. The van der Waals surface area contributed by atoms with Crippen molar-refractivity contribution in [3.63, 3.8) is 0 Å². The summed E-state index contributed by atoms with van der Waals surface area (Å²) in [4.78, 5) is 31.4. The van der Waals surface area contributed by atoms with Gasteiger partial charge in [0.05, 0.1) is 0 Å². The zero-order valence-electron chi connectivity index (χ0n) is 14.1. The van der Waals surface area contributed by atoms with E-state index in [0.717, 1.165) is 25.9 Å². The van der Waals surface area contributed by atoms with Crippen LogP contribution in [-0.2, 0) is 11.2 Å². The van der Waals surface area contributed by atoms with Crippen LogP contribution in [0.2, 0.25) is 0 Å². The fourth-order valence-corrected chi connectivity index (χ4v) is 2.62. The SMILES string of the molecule is CN1CCC(C(=O)c2cccc(CC(=O)C(C)(C)C)n2)CC1. The Morgan fingerprint density at radius 1 is 1.23 bits per heavy atom. The third-order valence-electron chi connectivity index (χ3n) is 4.33. The van der Waals surface area contributed by atoms with Gasteiger partial charge in [0.15, 0.2) is 5.78 Å². The molecule has 1 aromatic heterocycles. The number of nitrogens with zero attached hydrogens (tertiary/aromatic N) is 2. The summed E-state index contributed by atoms with van der Waals surface area (Å²) < 4.78 is 0. The molecule has 0 aromatic carbocycles. The Morgan fingerprint density at radius 3 is 2.45 bits per heavy atom. The van der Waals surface area contributed by atoms with E-state index in [0.29, 0.717) is 11.4 Å². The molecule has 0 saturated carbocycles.